The second-order valence-electron chi connectivity index (χ2n) is 5.05. The van der Waals surface area contributed by atoms with Crippen molar-refractivity contribution in [1.82, 2.24) is 0 Å². The molecule has 0 N–H and O–H groups in total. The van der Waals surface area contributed by atoms with E-state index in [4.69, 9.17) is 20.6 Å². The third-order valence-corrected chi connectivity index (χ3v) is 6.76. The predicted octanol–water partition coefficient (Wildman–Crippen LogP) is 4.96. The number of nitrogens with zero attached hydrogens (tertiary/aromatic N) is 1. The van der Waals surface area contributed by atoms with Gasteiger partial charge >= 0.3 is 7.60 Å². The summed E-state index contributed by atoms with van der Waals surface area (Å²) in [6.45, 7) is 0. The second-order valence-corrected chi connectivity index (χ2v) is 8.83. The fourth-order valence-electron chi connectivity index (χ4n) is 2.44. The number of halogens is 1. The van der Waals surface area contributed by atoms with Crippen LogP contribution in [0.1, 0.15) is 0 Å². The Morgan fingerprint density at radius 2 is 1.79 bits per heavy atom. The molecule has 0 aliphatic carbocycles. The summed E-state index contributed by atoms with van der Waals surface area (Å²) in [6.07, 6.45) is -0.356. The molecular formula is C16H15ClNO4PS. The average Bonchev–Trinajstić information content (AvgIpc) is 2.59. The van der Waals surface area contributed by atoms with Gasteiger partial charge in [-0.1, -0.05) is 35.5 Å². The summed E-state index contributed by atoms with van der Waals surface area (Å²) < 4.78 is 22.2. The van der Waals surface area contributed by atoms with Gasteiger partial charge in [0.1, 0.15) is 6.16 Å². The quantitative estimate of drug-likeness (QED) is 0.699. The first kappa shape index (κ1) is 17.5. The summed E-state index contributed by atoms with van der Waals surface area (Å²) in [5.74, 6) is -0.377. The summed E-state index contributed by atoms with van der Waals surface area (Å²) in [6, 6.07) is 12.9. The number of carbonyl (C=O) groups is 1. The molecule has 0 aromatic heterocycles. The Morgan fingerprint density at radius 3 is 2.50 bits per heavy atom. The van der Waals surface area contributed by atoms with E-state index in [1.54, 1.807) is 23.9 Å². The molecule has 0 spiro atoms. The molecule has 24 heavy (non-hydrogen) atoms. The van der Waals surface area contributed by atoms with Crippen LogP contribution >= 0.6 is 31.0 Å². The Hall–Kier alpha value is -1.30. The van der Waals surface area contributed by atoms with Crippen LogP contribution < -0.4 is 4.90 Å². The number of hydrogen-bond acceptors (Lipinski definition) is 5. The van der Waals surface area contributed by atoms with Gasteiger partial charge in [0.15, 0.2) is 0 Å². The summed E-state index contributed by atoms with van der Waals surface area (Å²) >= 11 is 7.67. The maximum Gasteiger partial charge on any atom is 0.339 e. The maximum atomic E-state index is 12.9. The topological polar surface area (TPSA) is 55.8 Å². The van der Waals surface area contributed by atoms with Gasteiger partial charge in [-0.3, -0.25) is 14.3 Å². The Kier molecular flexibility index (Phi) is 5.04. The highest BCUT2D eigenvalue weighted by atomic mass is 35.5. The summed E-state index contributed by atoms with van der Waals surface area (Å²) in [4.78, 5) is 16.3. The fraction of sp³-hybridized carbons (Fsp3) is 0.188. The normalized spacial score (nSPS) is 13.4. The first-order valence-electron chi connectivity index (χ1n) is 7.07. The third-order valence-electron chi connectivity index (χ3n) is 3.62. The van der Waals surface area contributed by atoms with Crippen molar-refractivity contribution < 1.29 is 18.4 Å². The predicted molar refractivity (Wildman–Crippen MR) is 95.7 cm³/mol. The first-order chi connectivity index (χ1) is 11.5. The minimum atomic E-state index is -3.47. The van der Waals surface area contributed by atoms with E-state index in [9.17, 15) is 9.36 Å². The van der Waals surface area contributed by atoms with E-state index < -0.39 is 7.60 Å². The molecule has 0 saturated heterocycles. The average molecular weight is 384 g/mol. The van der Waals surface area contributed by atoms with Gasteiger partial charge in [0.2, 0.25) is 5.91 Å². The van der Waals surface area contributed by atoms with Crippen LogP contribution in [0, 0.1) is 0 Å². The van der Waals surface area contributed by atoms with Crippen molar-refractivity contribution in [3.63, 3.8) is 0 Å². The lowest BCUT2D eigenvalue weighted by Crippen LogP contribution is -2.31. The van der Waals surface area contributed by atoms with Gasteiger partial charge < -0.3 is 9.05 Å². The zero-order chi connectivity index (χ0) is 17.3. The van der Waals surface area contributed by atoms with Crippen LogP contribution in [0.5, 0.6) is 0 Å². The smallest absolute Gasteiger partial charge is 0.312 e. The van der Waals surface area contributed by atoms with Crippen LogP contribution in [0.4, 0.5) is 11.4 Å². The van der Waals surface area contributed by atoms with E-state index in [-0.39, 0.29) is 12.1 Å². The number of para-hydroxylation sites is 1. The minimum Gasteiger partial charge on any atom is -0.312 e. The molecule has 2 aromatic carbocycles. The number of rotatable bonds is 4. The zero-order valence-electron chi connectivity index (χ0n) is 13.1. The number of anilines is 2. The fourth-order valence-corrected chi connectivity index (χ4v) is 4.52. The van der Waals surface area contributed by atoms with Gasteiger partial charge in [-0.05, 0) is 30.3 Å². The molecule has 1 heterocycles. The first-order valence-corrected chi connectivity index (χ1v) is 9.99. The van der Waals surface area contributed by atoms with Crippen LogP contribution in [-0.4, -0.2) is 26.3 Å². The monoisotopic (exact) mass is 383 g/mol. The molecule has 1 aliphatic rings. The number of benzene rings is 2. The standard InChI is InChI=1S/C16H15ClNO4PS/c1-21-23(20,22-2)10-16(19)18-12-5-3-4-6-14(12)24-15-8-7-11(17)9-13(15)18/h3-9H,10H2,1-2H3. The van der Waals surface area contributed by atoms with Gasteiger partial charge in [-0.15, -0.1) is 0 Å². The van der Waals surface area contributed by atoms with Crippen LogP contribution in [0.2, 0.25) is 5.02 Å². The molecule has 0 unspecified atom stereocenters. The molecule has 0 saturated carbocycles. The maximum absolute atomic E-state index is 12.9. The number of amides is 1. The molecule has 0 bridgehead atoms. The van der Waals surface area contributed by atoms with Crippen molar-refractivity contribution in [3.8, 4) is 0 Å². The van der Waals surface area contributed by atoms with Crippen LogP contribution in [-0.2, 0) is 18.4 Å². The summed E-state index contributed by atoms with van der Waals surface area (Å²) in [5.41, 5.74) is 1.39. The molecule has 8 heteroatoms. The molecule has 1 amide bonds. The highest BCUT2D eigenvalue weighted by molar-refractivity contribution is 7.99. The van der Waals surface area contributed by atoms with Gasteiger partial charge in [0, 0.05) is 29.0 Å². The lowest BCUT2D eigenvalue weighted by molar-refractivity contribution is -0.115. The van der Waals surface area contributed by atoms with Crippen molar-refractivity contribution in [2.45, 2.75) is 9.79 Å². The molecule has 3 rings (SSSR count). The van der Waals surface area contributed by atoms with Crippen LogP contribution in [0.25, 0.3) is 0 Å². The molecule has 5 nitrogen and oxygen atoms in total. The molecule has 2 aromatic rings. The molecule has 0 atom stereocenters. The molecule has 1 aliphatic heterocycles. The Morgan fingerprint density at radius 1 is 1.12 bits per heavy atom. The van der Waals surface area contributed by atoms with Crippen molar-refractivity contribution in [2.75, 3.05) is 25.3 Å². The highest BCUT2D eigenvalue weighted by Gasteiger charge is 2.34. The van der Waals surface area contributed by atoms with E-state index >= 15 is 0 Å². The van der Waals surface area contributed by atoms with Gasteiger partial charge in [-0.2, -0.15) is 0 Å². The molecule has 0 radical (unpaired) electrons. The van der Waals surface area contributed by atoms with Gasteiger partial charge in [0.05, 0.1) is 11.4 Å². The SMILES string of the molecule is COP(=O)(CC(=O)N1c2ccccc2Sc2ccc(Cl)cc21)OC. The Labute approximate surface area is 149 Å². The lowest BCUT2D eigenvalue weighted by atomic mass is 10.2. The molecule has 0 fully saturated rings. The Balaban J connectivity index is 2.08. The van der Waals surface area contributed by atoms with E-state index in [0.29, 0.717) is 10.7 Å². The lowest BCUT2D eigenvalue weighted by Gasteiger charge is -2.31. The molecule has 126 valence electrons. The Bertz CT molecular complexity index is 837. The van der Waals surface area contributed by atoms with Crippen LogP contribution in [0.15, 0.2) is 52.3 Å². The highest BCUT2D eigenvalue weighted by Crippen LogP contribution is 2.51. The van der Waals surface area contributed by atoms with Crippen molar-refractivity contribution in [2.24, 2.45) is 0 Å². The number of hydrogen-bond donors (Lipinski definition) is 0. The van der Waals surface area contributed by atoms with E-state index in [0.717, 1.165) is 15.5 Å². The number of carbonyl (C=O) groups excluding carboxylic acids is 1. The van der Waals surface area contributed by atoms with Gasteiger partial charge in [0.25, 0.3) is 0 Å². The second kappa shape index (κ2) is 6.90. The van der Waals surface area contributed by atoms with Crippen molar-refractivity contribution in [3.05, 3.63) is 47.5 Å². The van der Waals surface area contributed by atoms with Crippen molar-refractivity contribution in [1.29, 1.82) is 0 Å². The summed E-state index contributed by atoms with van der Waals surface area (Å²) in [7, 11) is -0.938. The zero-order valence-corrected chi connectivity index (χ0v) is 15.5. The van der Waals surface area contributed by atoms with Crippen molar-refractivity contribution >= 4 is 48.2 Å². The summed E-state index contributed by atoms with van der Waals surface area (Å²) in [5, 5.41) is 0.521. The van der Waals surface area contributed by atoms with E-state index in [2.05, 4.69) is 0 Å². The van der Waals surface area contributed by atoms with E-state index in [1.165, 1.54) is 19.1 Å². The van der Waals surface area contributed by atoms with Crippen LogP contribution in [0.3, 0.4) is 0 Å². The largest absolute Gasteiger partial charge is 0.339 e. The van der Waals surface area contributed by atoms with Gasteiger partial charge in [-0.25, -0.2) is 0 Å². The minimum absolute atomic E-state index is 0.356. The third kappa shape index (κ3) is 3.25. The van der Waals surface area contributed by atoms with E-state index in [1.807, 2.05) is 30.3 Å². The number of fused-ring (bicyclic) bond motifs is 2. The molecular weight excluding hydrogens is 369 g/mol.